The van der Waals surface area contributed by atoms with Crippen molar-refractivity contribution in [2.75, 3.05) is 0 Å². The van der Waals surface area contributed by atoms with E-state index in [0.717, 1.165) is 11.1 Å². The fourth-order valence-electron chi connectivity index (χ4n) is 3.02. The Hall–Kier alpha value is -0.850. The Morgan fingerprint density at radius 3 is 1.65 bits per heavy atom. The maximum absolute atomic E-state index is 11.1. The van der Waals surface area contributed by atoms with Crippen LogP contribution in [-0.4, -0.2) is 5.78 Å². The highest BCUT2D eigenvalue weighted by molar-refractivity contribution is 5.93. The molecule has 1 heteroatoms. The van der Waals surface area contributed by atoms with Crippen LogP contribution in [0.1, 0.15) is 105 Å². The Labute approximate surface area is 145 Å². The minimum atomic E-state index is -0.0318. The molecule has 0 unspecified atom stereocenters. The van der Waals surface area contributed by atoms with Gasteiger partial charge in [0.1, 0.15) is 0 Å². The van der Waals surface area contributed by atoms with Crippen molar-refractivity contribution in [3.05, 3.63) is 23.8 Å². The van der Waals surface area contributed by atoms with Gasteiger partial charge in [0.05, 0.1) is 0 Å². The zero-order chi connectivity index (χ0) is 17.7. The molecule has 134 valence electrons. The summed E-state index contributed by atoms with van der Waals surface area (Å²) in [7, 11) is 0. The molecular weight excluding hydrogens is 280 g/mol. The second-order valence-electron chi connectivity index (χ2n) is 7.66. The lowest BCUT2D eigenvalue weighted by atomic mass is 9.74. The highest BCUT2D eigenvalue weighted by Gasteiger charge is 2.29. The van der Waals surface area contributed by atoms with E-state index in [2.05, 4.69) is 34.3 Å². The minimum absolute atomic E-state index is 0.0318. The lowest BCUT2D eigenvalue weighted by Gasteiger charge is -2.30. The van der Waals surface area contributed by atoms with Gasteiger partial charge in [-0.25, -0.2) is 0 Å². The van der Waals surface area contributed by atoms with Crippen LogP contribution in [0.4, 0.5) is 0 Å². The predicted octanol–water partition coefficient (Wildman–Crippen LogP) is 7.42. The molecule has 0 atom stereocenters. The monoisotopic (exact) mass is 320 g/mol. The smallest absolute Gasteiger partial charge is 0.156 e. The molecular formula is C22H40O. The molecule has 1 rings (SSSR count). The molecule has 0 aromatic carbocycles. The molecule has 0 amide bonds. The molecule has 1 nitrogen and oxygen atoms in total. The Balaban J connectivity index is 0.000000422. The highest BCUT2D eigenvalue weighted by Crippen LogP contribution is 2.37. The first-order valence-electron chi connectivity index (χ1n) is 9.76. The molecule has 0 aromatic rings. The summed E-state index contributed by atoms with van der Waals surface area (Å²) in [4.78, 5) is 11.1. The number of ketones is 1. The van der Waals surface area contributed by atoms with Gasteiger partial charge in [-0.3, -0.25) is 4.79 Å². The fourth-order valence-corrected chi connectivity index (χ4v) is 3.02. The van der Waals surface area contributed by atoms with Crippen LogP contribution in [0.3, 0.4) is 0 Å². The molecule has 0 saturated heterocycles. The van der Waals surface area contributed by atoms with E-state index in [9.17, 15) is 4.79 Å². The van der Waals surface area contributed by atoms with Crippen LogP contribution in [0.2, 0.25) is 0 Å². The SMILES string of the molecule is C=C1C(C)=CC(=O)CC1(C)C.CCCCCCCCCCCC. The van der Waals surface area contributed by atoms with Crippen molar-refractivity contribution in [1.29, 1.82) is 0 Å². The van der Waals surface area contributed by atoms with E-state index >= 15 is 0 Å². The first kappa shape index (κ1) is 22.1. The van der Waals surface area contributed by atoms with Crippen molar-refractivity contribution < 1.29 is 4.79 Å². The number of rotatable bonds is 9. The van der Waals surface area contributed by atoms with Gasteiger partial charge in [0.2, 0.25) is 0 Å². The highest BCUT2D eigenvalue weighted by atomic mass is 16.1. The first-order chi connectivity index (χ1) is 10.8. The zero-order valence-corrected chi connectivity index (χ0v) is 16.5. The van der Waals surface area contributed by atoms with E-state index in [4.69, 9.17) is 0 Å². The van der Waals surface area contributed by atoms with Gasteiger partial charge in [-0.2, -0.15) is 0 Å². The van der Waals surface area contributed by atoms with E-state index in [1.807, 2.05) is 6.92 Å². The van der Waals surface area contributed by atoms with Crippen LogP contribution < -0.4 is 0 Å². The van der Waals surface area contributed by atoms with Gasteiger partial charge < -0.3 is 0 Å². The summed E-state index contributed by atoms with van der Waals surface area (Å²) in [6.45, 7) is 14.6. The van der Waals surface area contributed by atoms with Crippen LogP contribution in [-0.2, 0) is 4.79 Å². The zero-order valence-electron chi connectivity index (χ0n) is 16.5. The van der Waals surface area contributed by atoms with Gasteiger partial charge >= 0.3 is 0 Å². The predicted molar refractivity (Wildman–Crippen MR) is 104 cm³/mol. The van der Waals surface area contributed by atoms with E-state index in [1.165, 1.54) is 64.2 Å². The maximum atomic E-state index is 11.1. The van der Waals surface area contributed by atoms with E-state index in [1.54, 1.807) is 6.08 Å². The summed E-state index contributed by atoms with van der Waals surface area (Å²) in [5.74, 6) is 0.222. The summed E-state index contributed by atoms with van der Waals surface area (Å²) in [5.41, 5.74) is 2.10. The maximum Gasteiger partial charge on any atom is 0.156 e. The molecule has 0 aliphatic heterocycles. The van der Waals surface area contributed by atoms with Crippen LogP contribution in [0.25, 0.3) is 0 Å². The van der Waals surface area contributed by atoms with Gasteiger partial charge in [0, 0.05) is 6.42 Å². The second-order valence-corrected chi connectivity index (χ2v) is 7.66. The van der Waals surface area contributed by atoms with Crippen molar-refractivity contribution in [2.24, 2.45) is 5.41 Å². The normalized spacial score (nSPS) is 16.7. The molecule has 0 saturated carbocycles. The van der Waals surface area contributed by atoms with E-state index < -0.39 is 0 Å². The van der Waals surface area contributed by atoms with Crippen molar-refractivity contribution >= 4 is 5.78 Å². The lowest BCUT2D eigenvalue weighted by Crippen LogP contribution is -2.23. The molecule has 1 aliphatic rings. The minimum Gasteiger partial charge on any atom is -0.295 e. The first-order valence-corrected chi connectivity index (χ1v) is 9.76. The lowest BCUT2D eigenvalue weighted by molar-refractivity contribution is -0.116. The number of carbonyl (C=O) groups is 1. The Morgan fingerprint density at radius 1 is 0.913 bits per heavy atom. The van der Waals surface area contributed by atoms with Gasteiger partial charge in [-0.15, -0.1) is 0 Å². The van der Waals surface area contributed by atoms with E-state index in [0.29, 0.717) is 6.42 Å². The Morgan fingerprint density at radius 2 is 1.30 bits per heavy atom. The van der Waals surface area contributed by atoms with Gasteiger partial charge in [0.25, 0.3) is 0 Å². The molecule has 0 radical (unpaired) electrons. The number of unbranched alkanes of at least 4 members (excludes halogenated alkanes) is 9. The van der Waals surface area contributed by atoms with Crippen LogP contribution in [0.5, 0.6) is 0 Å². The van der Waals surface area contributed by atoms with Gasteiger partial charge in [-0.1, -0.05) is 98.5 Å². The summed E-state index contributed by atoms with van der Waals surface area (Å²) in [6.07, 6.45) is 16.7. The summed E-state index contributed by atoms with van der Waals surface area (Å²) < 4.78 is 0. The average Bonchev–Trinajstić information content (AvgIpc) is 2.48. The third-order valence-electron chi connectivity index (χ3n) is 4.74. The molecule has 0 heterocycles. The quantitative estimate of drug-likeness (QED) is 0.404. The third-order valence-corrected chi connectivity index (χ3v) is 4.74. The number of carbonyl (C=O) groups excluding carboxylic acids is 1. The second kappa shape index (κ2) is 12.6. The fraction of sp³-hybridized carbons (Fsp3) is 0.773. The summed E-state index contributed by atoms with van der Waals surface area (Å²) >= 11 is 0. The Kier molecular flexibility index (Phi) is 12.1. The van der Waals surface area contributed by atoms with E-state index in [-0.39, 0.29) is 11.2 Å². The standard InChI is InChI=1S/C12H26.C10H14O/c1-3-5-7-9-11-12-10-8-6-4-2;1-7-5-9(11)6-10(3,4)8(7)2/h3-12H2,1-2H3;5H,2,6H2,1,3-4H3. The number of hydrogen-bond donors (Lipinski definition) is 0. The van der Waals surface area contributed by atoms with Crippen molar-refractivity contribution in [3.63, 3.8) is 0 Å². The van der Waals surface area contributed by atoms with Crippen LogP contribution in [0, 0.1) is 5.41 Å². The molecule has 0 aromatic heterocycles. The molecule has 0 spiro atoms. The topological polar surface area (TPSA) is 17.1 Å². The van der Waals surface area contributed by atoms with Crippen LogP contribution in [0.15, 0.2) is 23.8 Å². The molecule has 0 bridgehead atoms. The Bertz CT molecular complexity index is 363. The van der Waals surface area contributed by atoms with Crippen molar-refractivity contribution in [2.45, 2.75) is 105 Å². The van der Waals surface area contributed by atoms with Crippen molar-refractivity contribution in [3.8, 4) is 0 Å². The summed E-state index contributed by atoms with van der Waals surface area (Å²) in [5, 5.41) is 0. The average molecular weight is 321 g/mol. The largest absolute Gasteiger partial charge is 0.295 e. The number of allylic oxidation sites excluding steroid dienone is 3. The molecule has 0 N–H and O–H groups in total. The van der Waals surface area contributed by atoms with Crippen molar-refractivity contribution in [1.82, 2.24) is 0 Å². The molecule has 23 heavy (non-hydrogen) atoms. The summed E-state index contributed by atoms with van der Waals surface area (Å²) in [6, 6.07) is 0. The molecule has 0 fully saturated rings. The number of hydrogen-bond acceptors (Lipinski definition) is 1. The third kappa shape index (κ3) is 10.5. The van der Waals surface area contributed by atoms with Gasteiger partial charge in [0.15, 0.2) is 5.78 Å². The molecule has 1 aliphatic carbocycles. The van der Waals surface area contributed by atoms with Crippen LogP contribution >= 0.6 is 0 Å². The van der Waals surface area contributed by atoms with Gasteiger partial charge in [-0.05, 0) is 29.6 Å².